The summed E-state index contributed by atoms with van der Waals surface area (Å²) in [5.41, 5.74) is 2.60. The fourth-order valence-electron chi connectivity index (χ4n) is 2.57. The van der Waals surface area contributed by atoms with E-state index in [1.165, 1.54) is 17.5 Å². The molecule has 1 aliphatic rings. The van der Waals surface area contributed by atoms with Gasteiger partial charge in [-0.1, -0.05) is 36.8 Å². The predicted molar refractivity (Wildman–Crippen MR) is 82.3 cm³/mol. The monoisotopic (exact) mass is 277 g/mol. The van der Waals surface area contributed by atoms with Crippen LogP contribution in [0.2, 0.25) is 0 Å². The number of likely N-dealkylation sites (tertiary alicyclic amines) is 1. The lowest BCUT2D eigenvalue weighted by atomic mass is 10.0. The van der Waals surface area contributed by atoms with E-state index >= 15 is 0 Å². The van der Waals surface area contributed by atoms with Crippen LogP contribution in [0.25, 0.3) is 0 Å². The standard InChI is InChI=1S/C16H23NOS/c1-13-5-3-7-15(9-13)11-19-12-16(18)17-8-4-6-14(2)10-17/h3,5,7,9,14H,4,6,8,10-12H2,1-2H3. The van der Waals surface area contributed by atoms with Crippen LogP contribution in [0.3, 0.4) is 0 Å². The molecular weight excluding hydrogens is 254 g/mol. The van der Waals surface area contributed by atoms with Gasteiger partial charge in [-0.15, -0.1) is 11.8 Å². The van der Waals surface area contributed by atoms with Gasteiger partial charge in [0.05, 0.1) is 5.75 Å². The zero-order chi connectivity index (χ0) is 13.7. The van der Waals surface area contributed by atoms with Crippen molar-refractivity contribution in [3.63, 3.8) is 0 Å². The minimum atomic E-state index is 0.309. The SMILES string of the molecule is Cc1cccc(CSCC(=O)N2CCCC(C)C2)c1. The molecule has 19 heavy (non-hydrogen) atoms. The summed E-state index contributed by atoms with van der Waals surface area (Å²) < 4.78 is 0. The summed E-state index contributed by atoms with van der Waals surface area (Å²) >= 11 is 1.73. The first-order valence-electron chi connectivity index (χ1n) is 7.06. The molecule has 1 aliphatic heterocycles. The van der Waals surface area contributed by atoms with Crippen molar-refractivity contribution in [2.75, 3.05) is 18.8 Å². The molecular formula is C16H23NOS. The lowest BCUT2D eigenvalue weighted by Crippen LogP contribution is -2.40. The van der Waals surface area contributed by atoms with Crippen molar-refractivity contribution < 1.29 is 4.79 Å². The Morgan fingerprint density at radius 3 is 3.05 bits per heavy atom. The Labute approximate surface area is 120 Å². The van der Waals surface area contributed by atoms with Crippen LogP contribution in [0, 0.1) is 12.8 Å². The van der Waals surface area contributed by atoms with Gasteiger partial charge in [0, 0.05) is 18.8 Å². The molecule has 1 amide bonds. The number of aryl methyl sites for hydroxylation is 1. The largest absolute Gasteiger partial charge is 0.342 e. The van der Waals surface area contributed by atoms with Crippen LogP contribution in [0.15, 0.2) is 24.3 Å². The molecule has 1 heterocycles. The van der Waals surface area contributed by atoms with E-state index in [9.17, 15) is 4.79 Å². The summed E-state index contributed by atoms with van der Waals surface area (Å²) in [6.07, 6.45) is 2.43. The number of hydrogen-bond acceptors (Lipinski definition) is 2. The van der Waals surface area contributed by atoms with Crippen molar-refractivity contribution in [1.82, 2.24) is 4.90 Å². The number of thioether (sulfide) groups is 1. The van der Waals surface area contributed by atoms with Crippen molar-refractivity contribution in [3.8, 4) is 0 Å². The highest BCUT2D eigenvalue weighted by molar-refractivity contribution is 7.99. The summed E-state index contributed by atoms with van der Waals surface area (Å²) in [4.78, 5) is 14.1. The highest BCUT2D eigenvalue weighted by Crippen LogP contribution is 2.18. The third-order valence-electron chi connectivity index (χ3n) is 3.59. The van der Waals surface area contributed by atoms with Crippen LogP contribution in [0.1, 0.15) is 30.9 Å². The second-order valence-corrected chi connectivity index (χ2v) is 6.55. The van der Waals surface area contributed by atoms with E-state index < -0.39 is 0 Å². The number of hydrogen-bond donors (Lipinski definition) is 0. The summed E-state index contributed by atoms with van der Waals surface area (Å²) in [6, 6.07) is 8.52. The topological polar surface area (TPSA) is 20.3 Å². The maximum Gasteiger partial charge on any atom is 0.232 e. The van der Waals surface area contributed by atoms with Gasteiger partial charge in [-0.25, -0.2) is 0 Å². The minimum absolute atomic E-state index is 0.309. The summed E-state index contributed by atoms with van der Waals surface area (Å²) in [7, 11) is 0. The normalized spacial score (nSPS) is 19.5. The molecule has 1 unspecified atom stereocenters. The minimum Gasteiger partial charge on any atom is -0.342 e. The van der Waals surface area contributed by atoms with Gasteiger partial charge >= 0.3 is 0 Å². The van der Waals surface area contributed by atoms with Gasteiger partial charge in [0.2, 0.25) is 5.91 Å². The van der Waals surface area contributed by atoms with E-state index in [-0.39, 0.29) is 0 Å². The smallest absolute Gasteiger partial charge is 0.232 e. The molecule has 0 radical (unpaired) electrons. The Balaban J connectivity index is 1.74. The van der Waals surface area contributed by atoms with Crippen molar-refractivity contribution in [1.29, 1.82) is 0 Å². The number of carbonyl (C=O) groups is 1. The molecule has 3 heteroatoms. The quantitative estimate of drug-likeness (QED) is 0.839. The molecule has 0 N–H and O–H groups in total. The number of piperidine rings is 1. The lowest BCUT2D eigenvalue weighted by molar-refractivity contribution is -0.130. The Kier molecular flexibility index (Phi) is 5.32. The number of amides is 1. The number of carbonyl (C=O) groups excluding carboxylic acids is 1. The zero-order valence-electron chi connectivity index (χ0n) is 11.9. The van der Waals surface area contributed by atoms with Crippen LogP contribution in [0.4, 0.5) is 0 Å². The number of nitrogens with zero attached hydrogens (tertiary/aromatic N) is 1. The third-order valence-corrected chi connectivity index (χ3v) is 4.58. The van der Waals surface area contributed by atoms with E-state index in [2.05, 4.69) is 38.1 Å². The predicted octanol–water partition coefficient (Wildman–Crippen LogP) is 3.49. The van der Waals surface area contributed by atoms with Gasteiger partial charge in [-0.2, -0.15) is 0 Å². The Bertz CT molecular complexity index is 433. The van der Waals surface area contributed by atoms with Gasteiger partial charge in [0.1, 0.15) is 0 Å². The second-order valence-electron chi connectivity index (χ2n) is 5.57. The van der Waals surface area contributed by atoms with Crippen LogP contribution in [-0.4, -0.2) is 29.6 Å². The molecule has 2 rings (SSSR count). The molecule has 1 aromatic rings. The molecule has 0 aliphatic carbocycles. The first-order chi connectivity index (χ1) is 9.15. The van der Waals surface area contributed by atoms with E-state index in [1.807, 2.05) is 4.90 Å². The van der Waals surface area contributed by atoms with Gasteiger partial charge < -0.3 is 4.90 Å². The van der Waals surface area contributed by atoms with E-state index in [4.69, 9.17) is 0 Å². The molecule has 104 valence electrons. The molecule has 1 fully saturated rings. The van der Waals surface area contributed by atoms with Crippen molar-refractivity contribution in [2.24, 2.45) is 5.92 Å². The average molecular weight is 277 g/mol. The summed E-state index contributed by atoms with van der Waals surface area (Å²) in [5, 5.41) is 0. The molecule has 1 atom stereocenters. The third kappa shape index (κ3) is 4.57. The zero-order valence-corrected chi connectivity index (χ0v) is 12.7. The van der Waals surface area contributed by atoms with E-state index in [0.717, 1.165) is 25.3 Å². The first kappa shape index (κ1) is 14.4. The molecule has 0 saturated carbocycles. The average Bonchev–Trinajstić information content (AvgIpc) is 2.38. The van der Waals surface area contributed by atoms with E-state index in [0.29, 0.717) is 17.6 Å². The number of rotatable bonds is 4. The van der Waals surface area contributed by atoms with Crippen molar-refractivity contribution in [2.45, 2.75) is 32.4 Å². The maximum absolute atomic E-state index is 12.1. The van der Waals surface area contributed by atoms with Gasteiger partial charge in [-0.05, 0) is 31.2 Å². The molecule has 0 spiro atoms. The summed E-state index contributed by atoms with van der Waals surface area (Å²) in [6.45, 7) is 6.24. The highest BCUT2D eigenvalue weighted by Gasteiger charge is 2.20. The number of benzene rings is 1. The Morgan fingerprint density at radius 1 is 1.47 bits per heavy atom. The van der Waals surface area contributed by atoms with Gasteiger partial charge in [0.25, 0.3) is 0 Å². The van der Waals surface area contributed by atoms with Crippen LogP contribution >= 0.6 is 11.8 Å². The molecule has 0 aromatic heterocycles. The van der Waals surface area contributed by atoms with Crippen LogP contribution in [0.5, 0.6) is 0 Å². The fourth-order valence-corrected chi connectivity index (χ4v) is 3.44. The summed E-state index contributed by atoms with van der Waals surface area (Å²) in [5.74, 6) is 2.51. The van der Waals surface area contributed by atoms with Crippen molar-refractivity contribution >= 4 is 17.7 Å². The molecule has 1 aromatic carbocycles. The lowest BCUT2D eigenvalue weighted by Gasteiger charge is -2.30. The molecule has 0 bridgehead atoms. The van der Waals surface area contributed by atoms with Crippen LogP contribution < -0.4 is 0 Å². The Morgan fingerprint density at radius 2 is 2.32 bits per heavy atom. The highest BCUT2D eigenvalue weighted by atomic mass is 32.2. The Hall–Kier alpha value is -0.960. The first-order valence-corrected chi connectivity index (χ1v) is 8.21. The van der Waals surface area contributed by atoms with Crippen molar-refractivity contribution in [3.05, 3.63) is 35.4 Å². The second kappa shape index (κ2) is 6.99. The maximum atomic E-state index is 12.1. The molecule has 1 saturated heterocycles. The molecule has 2 nitrogen and oxygen atoms in total. The van der Waals surface area contributed by atoms with Gasteiger partial charge in [0.15, 0.2) is 0 Å². The van der Waals surface area contributed by atoms with Gasteiger partial charge in [-0.3, -0.25) is 4.79 Å². The van der Waals surface area contributed by atoms with Crippen LogP contribution in [-0.2, 0) is 10.5 Å². The fraction of sp³-hybridized carbons (Fsp3) is 0.562. The van der Waals surface area contributed by atoms with E-state index in [1.54, 1.807) is 11.8 Å².